The minimum atomic E-state index is -0.835. The summed E-state index contributed by atoms with van der Waals surface area (Å²) in [5, 5.41) is 13.3. The lowest BCUT2D eigenvalue weighted by molar-refractivity contribution is -0.118. The molecule has 0 bridgehead atoms. The molecule has 0 fully saturated rings. The predicted octanol–water partition coefficient (Wildman–Crippen LogP) is 3.26. The number of thiophene rings is 2. The van der Waals surface area contributed by atoms with Crippen LogP contribution in [0.3, 0.4) is 0 Å². The van der Waals surface area contributed by atoms with E-state index in [2.05, 4.69) is 5.32 Å². The Morgan fingerprint density at radius 2 is 2.09 bits per heavy atom. The number of carbonyl (C=O) groups is 2. The lowest BCUT2D eigenvalue weighted by Gasteiger charge is -2.17. The average molecular weight is 348 g/mol. The molecule has 1 aromatic carbocycles. The number of fused-ring (bicyclic) bond motifs is 2. The monoisotopic (exact) mass is 348 g/mol. The molecule has 0 atom stereocenters. The van der Waals surface area contributed by atoms with Gasteiger partial charge in [0, 0.05) is 21.2 Å². The molecule has 4 rings (SSSR count). The molecule has 1 aliphatic heterocycles. The minimum absolute atomic E-state index is 0.0659. The Hall–Kier alpha value is -2.58. The second-order valence-corrected chi connectivity index (χ2v) is 6.69. The van der Waals surface area contributed by atoms with E-state index in [4.69, 9.17) is 15.6 Å². The summed E-state index contributed by atoms with van der Waals surface area (Å²) in [5.74, 6) is -0.333. The van der Waals surface area contributed by atoms with Crippen molar-refractivity contribution in [3.05, 3.63) is 40.6 Å². The fourth-order valence-electron chi connectivity index (χ4n) is 1.96. The number of nitrogens with one attached hydrogen (secondary N) is 1. The highest BCUT2D eigenvalue weighted by atomic mass is 32.1. The molecule has 1 amide bonds. The molecule has 23 heavy (non-hydrogen) atoms. The van der Waals surface area contributed by atoms with E-state index in [9.17, 15) is 9.59 Å². The molecule has 6 nitrogen and oxygen atoms in total. The first-order valence-electron chi connectivity index (χ1n) is 6.55. The number of benzene rings is 1. The normalized spacial score (nSPS) is 12.6. The molecule has 0 unspecified atom stereocenters. The van der Waals surface area contributed by atoms with Crippen molar-refractivity contribution in [2.45, 2.75) is 0 Å². The third kappa shape index (κ3) is 3.43. The van der Waals surface area contributed by atoms with Gasteiger partial charge in [-0.2, -0.15) is 0 Å². The first-order valence-corrected chi connectivity index (χ1v) is 8.25. The predicted molar refractivity (Wildman–Crippen MR) is 91.6 cm³/mol. The maximum Gasteiger partial charge on any atom is 0.345 e. The van der Waals surface area contributed by atoms with Gasteiger partial charge in [-0.1, -0.05) is 0 Å². The van der Waals surface area contributed by atoms with Crippen molar-refractivity contribution < 1.29 is 19.4 Å². The zero-order chi connectivity index (χ0) is 16.4. The van der Waals surface area contributed by atoms with Crippen LogP contribution >= 0.6 is 22.7 Å². The Morgan fingerprint density at radius 3 is 2.83 bits per heavy atom. The third-order valence-corrected chi connectivity index (χ3v) is 5.07. The van der Waals surface area contributed by atoms with Gasteiger partial charge in [0.25, 0.3) is 5.91 Å². The fraction of sp³-hybridized carbons (Fsp3) is 0.0667. The lowest BCUT2D eigenvalue weighted by atomic mass is 10.2. The number of hydrogen-bond donors (Lipinski definition) is 3. The van der Waals surface area contributed by atoms with Crippen LogP contribution in [0.2, 0.25) is 0 Å². The fourth-order valence-corrected chi connectivity index (χ4v) is 3.91. The van der Waals surface area contributed by atoms with E-state index in [-0.39, 0.29) is 12.5 Å². The number of aromatic carboxylic acids is 1. The van der Waals surface area contributed by atoms with Gasteiger partial charge in [0.2, 0.25) is 0 Å². The second kappa shape index (κ2) is 6.27. The number of hydrogen-bond acceptors (Lipinski definition) is 6. The minimum Gasteiger partial charge on any atom is -0.482 e. The largest absolute Gasteiger partial charge is 0.482 e. The van der Waals surface area contributed by atoms with Crippen molar-refractivity contribution in [2.24, 2.45) is 0 Å². The molecule has 0 spiro atoms. The number of carboxylic acids is 1. The van der Waals surface area contributed by atoms with Crippen LogP contribution < -0.4 is 15.8 Å². The number of nitrogen functional groups attached to an aromatic ring is 1. The van der Waals surface area contributed by atoms with Crippen molar-refractivity contribution in [3.8, 4) is 5.75 Å². The molecule has 0 saturated heterocycles. The SMILES string of the molecule is Nc1ccc2c(c1)OCC(=O)N2.O=C(O)c1cc2sccc2s1. The molecule has 8 heteroatoms. The molecule has 1 aliphatic rings. The second-order valence-electron chi connectivity index (χ2n) is 4.66. The first-order chi connectivity index (χ1) is 11.0. The van der Waals surface area contributed by atoms with Gasteiger partial charge in [-0.3, -0.25) is 4.79 Å². The lowest BCUT2D eigenvalue weighted by Crippen LogP contribution is -2.25. The van der Waals surface area contributed by atoms with E-state index in [0.29, 0.717) is 22.0 Å². The van der Waals surface area contributed by atoms with Crippen LogP contribution in [0, 0.1) is 0 Å². The topological polar surface area (TPSA) is 102 Å². The summed E-state index contributed by atoms with van der Waals surface area (Å²) >= 11 is 2.90. The molecular weight excluding hydrogens is 336 g/mol. The summed E-state index contributed by atoms with van der Waals surface area (Å²) in [7, 11) is 0. The Labute approximate surface area is 139 Å². The molecule has 2 aromatic heterocycles. The zero-order valence-corrected chi connectivity index (χ0v) is 13.4. The van der Waals surface area contributed by atoms with Crippen LogP contribution in [0.25, 0.3) is 9.40 Å². The molecule has 3 aromatic rings. The summed E-state index contributed by atoms with van der Waals surface area (Å²) in [4.78, 5) is 21.7. The molecule has 3 heterocycles. The number of rotatable bonds is 1. The number of ether oxygens (including phenoxy) is 1. The smallest absolute Gasteiger partial charge is 0.345 e. The van der Waals surface area contributed by atoms with Gasteiger partial charge < -0.3 is 20.9 Å². The van der Waals surface area contributed by atoms with Crippen LogP contribution in [0.15, 0.2) is 35.7 Å². The number of amides is 1. The highest BCUT2D eigenvalue weighted by molar-refractivity contribution is 7.27. The van der Waals surface area contributed by atoms with Crippen LogP contribution in [-0.2, 0) is 4.79 Å². The average Bonchev–Trinajstić information content (AvgIpc) is 3.09. The Bertz CT molecular complexity index is 856. The van der Waals surface area contributed by atoms with Crippen molar-refractivity contribution >= 4 is 55.3 Å². The number of carboxylic acid groups (broad SMARTS) is 1. The van der Waals surface area contributed by atoms with Gasteiger partial charge in [0.15, 0.2) is 6.61 Å². The van der Waals surface area contributed by atoms with Gasteiger partial charge in [0.1, 0.15) is 10.6 Å². The van der Waals surface area contributed by atoms with E-state index < -0.39 is 5.97 Å². The molecule has 4 N–H and O–H groups in total. The van der Waals surface area contributed by atoms with Crippen LogP contribution in [0.5, 0.6) is 5.75 Å². The van der Waals surface area contributed by atoms with Gasteiger partial charge in [0.05, 0.1) is 5.69 Å². The number of nitrogens with two attached hydrogens (primary N) is 1. The zero-order valence-electron chi connectivity index (χ0n) is 11.7. The third-order valence-electron chi connectivity index (χ3n) is 2.99. The molecule has 118 valence electrons. The Balaban J connectivity index is 0.000000136. The van der Waals surface area contributed by atoms with Gasteiger partial charge in [-0.05, 0) is 29.6 Å². The highest BCUT2D eigenvalue weighted by Gasteiger charge is 2.14. The van der Waals surface area contributed by atoms with Crippen molar-refractivity contribution in [1.29, 1.82) is 0 Å². The molecule has 0 aliphatic carbocycles. The summed E-state index contributed by atoms with van der Waals surface area (Å²) in [5.41, 5.74) is 6.83. The van der Waals surface area contributed by atoms with E-state index in [0.717, 1.165) is 9.40 Å². The van der Waals surface area contributed by atoms with Gasteiger partial charge in [-0.25, -0.2) is 4.79 Å². The Morgan fingerprint density at radius 1 is 1.26 bits per heavy atom. The highest BCUT2D eigenvalue weighted by Crippen LogP contribution is 2.30. The van der Waals surface area contributed by atoms with E-state index in [1.807, 2.05) is 11.4 Å². The van der Waals surface area contributed by atoms with E-state index in [1.165, 1.54) is 11.3 Å². The summed E-state index contributed by atoms with van der Waals surface area (Å²) in [6.45, 7) is 0.0659. The van der Waals surface area contributed by atoms with Crippen LogP contribution in [-0.4, -0.2) is 23.6 Å². The summed E-state index contributed by atoms with van der Waals surface area (Å²) in [6.07, 6.45) is 0. The van der Waals surface area contributed by atoms with Crippen molar-refractivity contribution in [1.82, 2.24) is 0 Å². The number of carbonyl (C=O) groups excluding carboxylic acids is 1. The Kier molecular flexibility index (Phi) is 4.18. The quantitative estimate of drug-likeness (QED) is 0.586. The number of anilines is 2. The van der Waals surface area contributed by atoms with Crippen LogP contribution in [0.1, 0.15) is 9.67 Å². The van der Waals surface area contributed by atoms with Gasteiger partial charge in [-0.15, -0.1) is 22.7 Å². The molecule has 0 radical (unpaired) electrons. The maximum absolute atomic E-state index is 10.8. The van der Waals surface area contributed by atoms with Crippen LogP contribution in [0.4, 0.5) is 11.4 Å². The first kappa shape index (κ1) is 15.3. The van der Waals surface area contributed by atoms with Crippen molar-refractivity contribution in [3.63, 3.8) is 0 Å². The molecule has 0 saturated carbocycles. The maximum atomic E-state index is 10.8. The van der Waals surface area contributed by atoms with Crippen molar-refractivity contribution in [2.75, 3.05) is 17.7 Å². The standard InChI is InChI=1S/C8H8N2O2.C7H4O2S2/c9-5-1-2-6-7(3-5)12-4-8(11)10-6;8-7(9)6-3-5-4(11-6)1-2-10-5/h1-3H,4,9H2,(H,10,11);1-3H,(H,8,9). The van der Waals surface area contributed by atoms with Gasteiger partial charge >= 0.3 is 5.97 Å². The molecular formula is C15H12N2O4S2. The van der Waals surface area contributed by atoms with E-state index in [1.54, 1.807) is 35.6 Å². The van der Waals surface area contributed by atoms with E-state index >= 15 is 0 Å². The summed E-state index contributed by atoms with van der Waals surface area (Å²) in [6, 6.07) is 8.79. The summed E-state index contributed by atoms with van der Waals surface area (Å²) < 4.78 is 7.25.